The number of imidazole rings is 1. The minimum Gasteiger partial charge on any atom is -0.379 e. The number of benzene rings is 1. The Bertz CT molecular complexity index is 1490. The van der Waals surface area contributed by atoms with Crippen molar-refractivity contribution in [3.05, 3.63) is 53.1 Å². The second kappa shape index (κ2) is 19.1. The number of rotatable bonds is 19. The number of terminal acetylenes is 1. The Morgan fingerprint density at radius 2 is 1.77 bits per heavy atom. The van der Waals surface area contributed by atoms with Crippen LogP contribution in [0.3, 0.4) is 0 Å². The molecule has 2 aliphatic rings. The number of aromatic nitrogens is 3. The topological polar surface area (TPSA) is 108 Å². The van der Waals surface area contributed by atoms with E-state index in [1.165, 1.54) is 0 Å². The highest BCUT2D eigenvalue weighted by molar-refractivity contribution is 7.99. The lowest BCUT2D eigenvalue weighted by Gasteiger charge is -2.44. The van der Waals surface area contributed by atoms with E-state index in [0.29, 0.717) is 70.8 Å². The number of hydrogen-bond acceptors (Lipinski definition) is 10. The van der Waals surface area contributed by atoms with E-state index in [2.05, 4.69) is 34.3 Å². The molecule has 1 spiro atoms. The maximum atomic E-state index is 13.6. The average molecular weight is 686 g/mol. The number of aryl methyl sites for hydroxylation is 1. The number of aldehydes is 1. The molecule has 4 heterocycles. The van der Waals surface area contributed by atoms with Gasteiger partial charge in [-0.25, -0.2) is 4.98 Å². The molecule has 254 valence electrons. The fraction of sp³-hybridized carbons (Fsp3) is 0.529. The predicted octanol–water partition coefficient (Wildman–Crippen LogP) is 3.84. The first-order valence-electron chi connectivity index (χ1n) is 15.8. The third-order valence-corrected chi connectivity index (χ3v) is 8.89. The van der Waals surface area contributed by atoms with E-state index in [0.717, 1.165) is 65.5 Å². The molecule has 11 nitrogen and oxygen atoms in total. The Labute approximate surface area is 286 Å². The van der Waals surface area contributed by atoms with Crippen molar-refractivity contribution < 1.29 is 28.5 Å². The Hall–Kier alpha value is -3.02. The number of thioether (sulfide) groups is 1. The van der Waals surface area contributed by atoms with E-state index < -0.39 is 5.41 Å². The van der Waals surface area contributed by atoms with Crippen LogP contribution in [0.2, 0.25) is 5.02 Å². The summed E-state index contributed by atoms with van der Waals surface area (Å²) in [5.41, 5.74) is 3.49. The van der Waals surface area contributed by atoms with Gasteiger partial charge in [-0.2, -0.15) is 11.8 Å². The summed E-state index contributed by atoms with van der Waals surface area (Å²) in [7, 11) is 2.05. The summed E-state index contributed by atoms with van der Waals surface area (Å²) in [6, 6.07) is 7.82. The van der Waals surface area contributed by atoms with E-state index >= 15 is 0 Å². The number of carbonyl (C=O) groups excluding carboxylic acids is 2. The zero-order valence-electron chi connectivity index (χ0n) is 27.2. The van der Waals surface area contributed by atoms with Crippen LogP contribution in [-0.4, -0.2) is 116 Å². The molecular weight excluding hydrogens is 642 g/mol. The third-order valence-electron chi connectivity index (χ3n) is 7.77. The lowest BCUT2D eigenvalue weighted by atomic mass is 9.75. The van der Waals surface area contributed by atoms with Gasteiger partial charge in [0.05, 0.1) is 75.7 Å². The van der Waals surface area contributed by atoms with E-state index in [9.17, 15) is 9.59 Å². The molecular formula is C34H44ClN5O6S. The fourth-order valence-corrected chi connectivity index (χ4v) is 6.48. The highest BCUT2D eigenvalue weighted by Gasteiger charge is 2.57. The number of amides is 1. The highest BCUT2D eigenvalue weighted by Crippen LogP contribution is 2.47. The number of hydrogen-bond donors (Lipinski definition) is 0. The largest absolute Gasteiger partial charge is 0.379 e. The van der Waals surface area contributed by atoms with Crippen LogP contribution < -0.4 is 4.90 Å². The Morgan fingerprint density at radius 3 is 2.43 bits per heavy atom. The minimum absolute atomic E-state index is 0.156. The van der Waals surface area contributed by atoms with E-state index in [1.807, 2.05) is 47.1 Å². The van der Waals surface area contributed by atoms with Gasteiger partial charge in [0.2, 0.25) is 5.91 Å². The number of likely N-dealkylation sites (N-methyl/N-ethyl adjacent to an activating group) is 1. The molecule has 3 aromatic rings. The normalized spacial score (nSPS) is 14.9. The molecule has 0 radical (unpaired) electrons. The number of ether oxygens (including phenoxy) is 4. The van der Waals surface area contributed by atoms with Crippen molar-refractivity contribution in [3.8, 4) is 12.3 Å². The number of likely N-dealkylation sites (tertiary alicyclic amines) is 1. The van der Waals surface area contributed by atoms with Crippen LogP contribution >= 0.6 is 23.4 Å². The quantitative estimate of drug-likeness (QED) is 0.105. The van der Waals surface area contributed by atoms with Gasteiger partial charge in [0, 0.05) is 43.0 Å². The minimum atomic E-state index is -0.439. The van der Waals surface area contributed by atoms with Crippen LogP contribution in [0.1, 0.15) is 24.7 Å². The van der Waals surface area contributed by atoms with E-state index in [4.69, 9.17) is 42.0 Å². The molecule has 2 aromatic heterocycles. The van der Waals surface area contributed by atoms with Crippen molar-refractivity contribution in [2.75, 3.05) is 89.4 Å². The lowest BCUT2D eigenvalue weighted by molar-refractivity contribution is -0.128. The summed E-state index contributed by atoms with van der Waals surface area (Å²) >= 11 is 8.11. The van der Waals surface area contributed by atoms with Gasteiger partial charge in [-0.1, -0.05) is 24.4 Å². The monoisotopic (exact) mass is 685 g/mol. The van der Waals surface area contributed by atoms with Gasteiger partial charge in [-0.05, 0) is 42.6 Å². The van der Waals surface area contributed by atoms with E-state index in [-0.39, 0.29) is 5.91 Å². The van der Waals surface area contributed by atoms with Crippen LogP contribution in [0, 0.1) is 12.3 Å². The summed E-state index contributed by atoms with van der Waals surface area (Å²) in [5, 5.41) is 0.671. The summed E-state index contributed by atoms with van der Waals surface area (Å²) < 4.78 is 22.8. The van der Waals surface area contributed by atoms with Crippen LogP contribution in [0.25, 0.3) is 11.0 Å². The summed E-state index contributed by atoms with van der Waals surface area (Å²) in [5.74, 6) is 5.49. The fourth-order valence-electron chi connectivity index (χ4n) is 5.71. The number of halogens is 1. The Balaban J connectivity index is 0.000000253. The van der Waals surface area contributed by atoms with Crippen molar-refractivity contribution in [2.24, 2.45) is 0 Å². The molecule has 13 heteroatoms. The van der Waals surface area contributed by atoms with E-state index in [1.54, 1.807) is 6.20 Å². The SMILES string of the molecule is C#CCOCCOCCOCCOCCC=O.CCSCCn1c(CN2C(=O)C3(CN(C)C3)c3ccncc32)nc2cc(Cl)ccc21. The molecule has 0 aliphatic carbocycles. The van der Waals surface area contributed by atoms with Gasteiger partial charge in [-0.15, -0.1) is 6.42 Å². The predicted molar refractivity (Wildman–Crippen MR) is 185 cm³/mol. The van der Waals surface area contributed by atoms with Gasteiger partial charge in [-0.3, -0.25) is 9.78 Å². The van der Waals surface area contributed by atoms with Crippen molar-refractivity contribution in [1.29, 1.82) is 0 Å². The number of fused-ring (bicyclic) bond motifs is 3. The zero-order chi connectivity index (χ0) is 33.5. The van der Waals surface area contributed by atoms with Gasteiger partial charge < -0.3 is 38.1 Å². The zero-order valence-corrected chi connectivity index (χ0v) is 28.8. The molecule has 0 N–H and O–H groups in total. The van der Waals surface area contributed by atoms with Crippen molar-refractivity contribution in [3.63, 3.8) is 0 Å². The molecule has 0 bridgehead atoms. The first-order chi connectivity index (χ1) is 22.9. The molecule has 5 rings (SSSR count). The molecule has 1 fully saturated rings. The summed E-state index contributed by atoms with van der Waals surface area (Å²) in [6.45, 7) is 8.78. The van der Waals surface area contributed by atoms with Crippen LogP contribution in [-0.2, 0) is 47.0 Å². The highest BCUT2D eigenvalue weighted by atomic mass is 35.5. The smallest absolute Gasteiger partial charge is 0.240 e. The summed E-state index contributed by atoms with van der Waals surface area (Å²) in [6.07, 6.45) is 9.87. The van der Waals surface area contributed by atoms with Crippen LogP contribution in [0.15, 0.2) is 36.7 Å². The molecule has 0 atom stereocenters. The second-order valence-corrected chi connectivity index (χ2v) is 12.9. The molecule has 2 aliphatic heterocycles. The van der Waals surface area contributed by atoms with Gasteiger partial charge in [0.15, 0.2) is 0 Å². The molecule has 0 saturated carbocycles. The van der Waals surface area contributed by atoms with Crippen LogP contribution in [0.4, 0.5) is 5.69 Å². The maximum Gasteiger partial charge on any atom is 0.240 e. The molecule has 1 aromatic carbocycles. The number of nitrogens with zero attached hydrogens (tertiary/aromatic N) is 5. The number of carbonyl (C=O) groups is 2. The van der Waals surface area contributed by atoms with Gasteiger partial charge in [0.25, 0.3) is 0 Å². The van der Waals surface area contributed by atoms with Crippen molar-refractivity contribution in [1.82, 2.24) is 19.4 Å². The van der Waals surface area contributed by atoms with Gasteiger partial charge >= 0.3 is 0 Å². The van der Waals surface area contributed by atoms with Crippen molar-refractivity contribution in [2.45, 2.75) is 31.8 Å². The Morgan fingerprint density at radius 1 is 1.06 bits per heavy atom. The molecule has 47 heavy (non-hydrogen) atoms. The molecule has 1 saturated heterocycles. The second-order valence-electron chi connectivity index (χ2n) is 11.1. The lowest BCUT2D eigenvalue weighted by Crippen LogP contribution is -2.62. The van der Waals surface area contributed by atoms with Crippen molar-refractivity contribution >= 4 is 52.3 Å². The first kappa shape index (κ1) is 36.8. The standard InChI is InChI=1S/C22H24ClN5OS.C12H20O5/c1-3-30-9-8-27-18-5-4-15(23)10-17(18)25-20(27)12-28-19-11-24-7-6-16(19)22(21(28)29)13-26(2)14-22;1-2-5-14-7-9-16-11-12-17-10-8-15-6-3-4-13/h4-7,10-11H,3,8-9,12-14H2,1-2H3;1,4H,3,5-12H2. The Kier molecular flexibility index (Phi) is 15.0. The molecule has 1 amide bonds. The maximum absolute atomic E-state index is 13.6. The third kappa shape index (κ3) is 9.76. The van der Waals surface area contributed by atoms with Crippen LogP contribution in [0.5, 0.6) is 0 Å². The van der Waals surface area contributed by atoms with Gasteiger partial charge in [0.1, 0.15) is 24.1 Å². The first-order valence-corrected chi connectivity index (χ1v) is 17.3. The number of anilines is 1. The summed E-state index contributed by atoms with van der Waals surface area (Å²) in [4.78, 5) is 36.8. The molecule has 0 unspecified atom stereocenters. The number of pyridine rings is 1. The average Bonchev–Trinajstić information content (AvgIpc) is 3.51.